The molecule has 1 aromatic heterocycles. The minimum atomic E-state index is -0.0261. The van der Waals surface area contributed by atoms with Crippen LogP contribution in [0.1, 0.15) is 35.6 Å². The zero-order chi connectivity index (χ0) is 18.2. The average molecular weight is 495 g/mol. The van der Waals surface area contributed by atoms with E-state index in [0.29, 0.717) is 19.0 Å². The first-order chi connectivity index (χ1) is 12.0. The first-order valence-corrected chi connectivity index (χ1v) is 9.53. The van der Waals surface area contributed by atoms with Crippen molar-refractivity contribution >= 4 is 47.2 Å². The van der Waals surface area contributed by atoms with Gasteiger partial charge in [-0.25, -0.2) is 9.98 Å². The van der Waals surface area contributed by atoms with E-state index in [9.17, 15) is 4.79 Å². The second-order valence-electron chi connectivity index (χ2n) is 6.56. The van der Waals surface area contributed by atoms with Crippen LogP contribution in [0.3, 0.4) is 0 Å². The summed E-state index contributed by atoms with van der Waals surface area (Å²) in [6.45, 7) is 6.55. The number of nitrogens with one attached hydrogen (secondary N) is 2. The molecule has 2 atom stereocenters. The molecular weight excluding hydrogens is 465 g/mol. The third-order valence-electron chi connectivity index (χ3n) is 4.03. The molecule has 1 aliphatic heterocycles. The molecule has 9 heteroatoms. The number of ether oxygens (including phenoxy) is 1. The number of hydrogen-bond donors (Lipinski definition) is 2. The van der Waals surface area contributed by atoms with E-state index < -0.39 is 0 Å². The number of likely N-dealkylation sites (N-methyl/N-ethyl adjacent to an activating group) is 1. The van der Waals surface area contributed by atoms with Crippen molar-refractivity contribution in [3.63, 3.8) is 0 Å². The van der Waals surface area contributed by atoms with Crippen molar-refractivity contribution in [1.82, 2.24) is 20.5 Å². The molecular formula is C17H30IN5O2S. The Hall–Kier alpha value is -0.940. The van der Waals surface area contributed by atoms with Crippen LogP contribution in [0.15, 0.2) is 11.2 Å². The number of guanidine groups is 1. The predicted octanol–water partition coefficient (Wildman–Crippen LogP) is 1.98. The van der Waals surface area contributed by atoms with Gasteiger partial charge in [-0.2, -0.15) is 0 Å². The standard InChI is InChI=1S/C17H29N5O2S.HI/c1-12(16-18-9-13(2)25-16)8-19-17(21-11-15(23)22(3)4)20-10-14-6-5-7-24-14;/h9,12,14H,5-8,10-11H2,1-4H3,(H2,19,20,21);1H. The smallest absolute Gasteiger partial charge is 0.243 e. The number of amides is 1. The highest BCUT2D eigenvalue weighted by molar-refractivity contribution is 14.0. The van der Waals surface area contributed by atoms with Gasteiger partial charge in [-0.05, 0) is 19.8 Å². The largest absolute Gasteiger partial charge is 0.376 e. The van der Waals surface area contributed by atoms with E-state index in [-0.39, 0.29) is 48.5 Å². The second-order valence-corrected chi connectivity index (χ2v) is 7.83. The van der Waals surface area contributed by atoms with Gasteiger partial charge in [0.15, 0.2) is 5.96 Å². The maximum Gasteiger partial charge on any atom is 0.243 e. The van der Waals surface area contributed by atoms with Crippen molar-refractivity contribution in [2.75, 3.05) is 40.3 Å². The van der Waals surface area contributed by atoms with E-state index in [2.05, 4.69) is 34.5 Å². The number of carbonyl (C=O) groups is 1. The van der Waals surface area contributed by atoms with E-state index >= 15 is 0 Å². The highest BCUT2D eigenvalue weighted by atomic mass is 127. The van der Waals surface area contributed by atoms with E-state index in [4.69, 9.17) is 4.74 Å². The molecule has 0 saturated carbocycles. The monoisotopic (exact) mass is 495 g/mol. The molecule has 26 heavy (non-hydrogen) atoms. The molecule has 2 heterocycles. The number of thiazole rings is 1. The van der Waals surface area contributed by atoms with E-state index in [1.165, 1.54) is 4.88 Å². The second kappa shape index (κ2) is 11.7. The highest BCUT2D eigenvalue weighted by Crippen LogP contribution is 2.20. The number of nitrogens with zero attached hydrogens (tertiary/aromatic N) is 3. The molecule has 0 aliphatic carbocycles. The van der Waals surface area contributed by atoms with Crippen molar-refractivity contribution < 1.29 is 9.53 Å². The van der Waals surface area contributed by atoms with Crippen molar-refractivity contribution in [2.24, 2.45) is 4.99 Å². The molecule has 1 saturated heterocycles. The van der Waals surface area contributed by atoms with Crippen LogP contribution < -0.4 is 10.6 Å². The van der Waals surface area contributed by atoms with Gasteiger partial charge in [-0.15, -0.1) is 35.3 Å². The average Bonchev–Trinajstić information content (AvgIpc) is 3.24. The summed E-state index contributed by atoms with van der Waals surface area (Å²) in [5.41, 5.74) is 0. The Kier molecular flexibility index (Phi) is 10.4. The third kappa shape index (κ3) is 7.75. The van der Waals surface area contributed by atoms with Gasteiger partial charge in [0.1, 0.15) is 6.54 Å². The highest BCUT2D eigenvalue weighted by Gasteiger charge is 2.16. The van der Waals surface area contributed by atoms with Gasteiger partial charge in [-0.3, -0.25) is 4.79 Å². The van der Waals surface area contributed by atoms with Crippen LogP contribution in [0.5, 0.6) is 0 Å². The van der Waals surface area contributed by atoms with Crippen LogP contribution in [0.25, 0.3) is 0 Å². The minimum absolute atomic E-state index is 0. The fourth-order valence-electron chi connectivity index (χ4n) is 2.42. The number of carbonyl (C=O) groups excluding carboxylic acids is 1. The lowest BCUT2D eigenvalue weighted by Crippen LogP contribution is -2.43. The van der Waals surface area contributed by atoms with Crippen molar-refractivity contribution in [3.8, 4) is 0 Å². The molecule has 148 valence electrons. The summed E-state index contributed by atoms with van der Waals surface area (Å²) < 4.78 is 5.64. The number of halogens is 1. The van der Waals surface area contributed by atoms with Crippen LogP contribution in [-0.2, 0) is 9.53 Å². The Morgan fingerprint density at radius 3 is 2.85 bits per heavy atom. The molecule has 0 aromatic carbocycles. The molecule has 0 spiro atoms. The molecule has 1 aromatic rings. The predicted molar refractivity (Wildman–Crippen MR) is 117 cm³/mol. The summed E-state index contributed by atoms with van der Waals surface area (Å²) in [4.78, 5) is 23.4. The van der Waals surface area contributed by atoms with Crippen LogP contribution in [0.2, 0.25) is 0 Å². The molecule has 1 aliphatic rings. The Labute approximate surface area is 177 Å². The SMILES string of the molecule is Cc1cnc(C(C)CNC(=NCC(=O)N(C)C)NCC2CCCO2)s1.I. The maximum absolute atomic E-state index is 11.8. The summed E-state index contributed by atoms with van der Waals surface area (Å²) in [5, 5.41) is 7.72. The molecule has 2 rings (SSSR count). The minimum Gasteiger partial charge on any atom is -0.376 e. The molecule has 1 amide bonds. The topological polar surface area (TPSA) is 78.9 Å². The van der Waals surface area contributed by atoms with Gasteiger partial charge in [0, 0.05) is 50.8 Å². The molecule has 2 unspecified atom stereocenters. The Morgan fingerprint density at radius 1 is 1.50 bits per heavy atom. The van der Waals surface area contributed by atoms with Gasteiger partial charge in [0.25, 0.3) is 0 Å². The molecule has 1 fully saturated rings. The lowest BCUT2D eigenvalue weighted by atomic mass is 10.2. The Balaban J connectivity index is 0.00000338. The molecule has 0 radical (unpaired) electrons. The number of hydrogen-bond acceptors (Lipinski definition) is 5. The number of aliphatic imine (C=N–C) groups is 1. The molecule has 2 N–H and O–H groups in total. The summed E-state index contributed by atoms with van der Waals surface area (Å²) in [7, 11) is 3.47. The van der Waals surface area contributed by atoms with Crippen molar-refractivity contribution in [1.29, 1.82) is 0 Å². The number of aryl methyl sites for hydroxylation is 1. The summed E-state index contributed by atoms with van der Waals surface area (Å²) in [6, 6.07) is 0. The van der Waals surface area contributed by atoms with Gasteiger partial charge in [0.2, 0.25) is 5.91 Å². The molecule has 0 bridgehead atoms. The fourth-order valence-corrected chi connectivity index (χ4v) is 3.24. The van der Waals surface area contributed by atoms with Gasteiger partial charge >= 0.3 is 0 Å². The first kappa shape index (κ1) is 23.1. The lowest BCUT2D eigenvalue weighted by Gasteiger charge is -2.17. The Bertz CT molecular complexity index is 587. The van der Waals surface area contributed by atoms with E-state index in [0.717, 1.165) is 24.5 Å². The van der Waals surface area contributed by atoms with Crippen LogP contribution in [0, 0.1) is 6.92 Å². The first-order valence-electron chi connectivity index (χ1n) is 8.72. The van der Waals surface area contributed by atoms with Crippen molar-refractivity contribution in [2.45, 2.75) is 38.7 Å². The van der Waals surface area contributed by atoms with E-state index in [1.807, 2.05) is 6.20 Å². The van der Waals surface area contributed by atoms with Crippen molar-refractivity contribution in [3.05, 3.63) is 16.1 Å². The van der Waals surface area contributed by atoms with Gasteiger partial charge < -0.3 is 20.3 Å². The quantitative estimate of drug-likeness (QED) is 0.344. The summed E-state index contributed by atoms with van der Waals surface area (Å²) in [6.07, 6.45) is 4.28. The fraction of sp³-hybridized carbons (Fsp3) is 0.706. The van der Waals surface area contributed by atoms with Crippen LogP contribution in [-0.4, -0.2) is 68.2 Å². The molecule has 7 nitrogen and oxygen atoms in total. The Morgan fingerprint density at radius 2 is 2.27 bits per heavy atom. The maximum atomic E-state index is 11.8. The third-order valence-corrected chi connectivity index (χ3v) is 5.17. The van der Waals surface area contributed by atoms with Gasteiger partial charge in [0.05, 0.1) is 11.1 Å². The summed E-state index contributed by atoms with van der Waals surface area (Å²) >= 11 is 1.71. The summed E-state index contributed by atoms with van der Waals surface area (Å²) in [5.74, 6) is 0.894. The van der Waals surface area contributed by atoms with Crippen LogP contribution >= 0.6 is 35.3 Å². The number of rotatable bonds is 7. The number of aromatic nitrogens is 1. The normalized spacial score (nSPS) is 18.2. The zero-order valence-electron chi connectivity index (χ0n) is 15.9. The zero-order valence-corrected chi connectivity index (χ0v) is 19.1. The van der Waals surface area contributed by atoms with E-state index in [1.54, 1.807) is 30.3 Å². The van der Waals surface area contributed by atoms with Crippen LogP contribution in [0.4, 0.5) is 0 Å². The lowest BCUT2D eigenvalue weighted by molar-refractivity contribution is -0.127. The van der Waals surface area contributed by atoms with Gasteiger partial charge in [-0.1, -0.05) is 6.92 Å².